The Morgan fingerprint density at radius 1 is 0.779 bits per heavy atom. The first-order valence-electron chi connectivity index (χ1n) is 33.8. The zero-order chi connectivity index (χ0) is 71.1. The number of methoxy groups -OCH3 is 2. The number of nitrogens with two attached hydrogens (primary N) is 1. The van der Waals surface area contributed by atoms with Crippen LogP contribution in [-0.2, 0) is 82.3 Å². The zero-order valence-electron chi connectivity index (χ0n) is 59.1. The molecule has 3 aliphatic rings. The normalized spacial score (nSPS) is 19.3. The van der Waals surface area contributed by atoms with E-state index in [0.29, 0.717) is 50.6 Å². The molecule has 3 fully saturated rings. The molecule has 27 heteroatoms. The molecule has 1 aromatic carbocycles. The second-order valence-electron chi connectivity index (χ2n) is 27.2. The number of ketones is 3. The first-order chi connectivity index (χ1) is 44.8. The standard InChI is InChI=1S/C68H112N8O17S2/c1-16-45(8)61(74(12)65(84)51(43(4)5)38-54(78)60(44(6)7)73(10)11)56(89-13)39-58(80)75-29-18-20-53(75)62(90-14)46(9)63(82)72-95(87,88)49-23-21-47(22-24-49)68(26-27-68)41-55(79)52(19-17-28-70-67(69)86)71-64(83)50(42(2)3)37-48(77)25-31-91-33-35-93-36-34-92-32-30-76-59(81)40-57(94-15)66(76)85/h21-24,42-46,50-53,56-57,60-62H,16-20,25-41H2,1-15H3,(H,71,83)(H,72,82)(H3,69,70,86)/t45-,46+,50-,51-,52-,53-,56+,57?,60-,61-,62+/m0/s1. The van der Waals surface area contributed by atoms with E-state index in [4.69, 9.17) is 29.4 Å². The van der Waals surface area contributed by atoms with Crippen LogP contribution in [0, 0.1) is 41.4 Å². The first kappa shape index (κ1) is 82.0. The zero-order valence-corrected chi connectivity index (χ0v) is 60.7. The van der Waals surface area contributed by atoms with Crippen molar-refractivity contribution in [1.29, 1.82) is 0 Å². The molecule has 0 bridgehead atoms. The van der Waals surface area contributed by atoms with Gasteiger partial charge in [-0.1, -0.05) is 80.9 Å². The molecule has 1 unspecified atom stereocenters. The van der Waals surface area contributed by atoms with Crippen LogP contribution >= 0.6 is 11.8 Å². The molecule has 538 valence electrons. The van der Waals surface area contributed by atoms with Crippen LogP contribution in [0.4, 0.5) is 4.79 Å². The summed E-state index contributed by atoms with van der Waals surface area (Å²) in [4.78, 5) is 140. The molecule has 2 aliphatic heterocycles. The number of urea groups is 1. The Morgan fingerprint density at radius 2 is 1.39 bits per heavy atom. The van der Waals surface area contributed by atoms with Crippen molar-refractivity contribution in [3.63, 3.8) is 0 Å². The minimum Gasteiger partial charge on any atom is -0.379 e. The number of likely N-dealkylation sites (N-methyl/N-ethyl adjacent to an activating group) is 2. The third-order valence-corrected chi connectivity index (χ3v) is 21.5. The Hall–Kier alpha value is -5.42. The SMILES string of the molecule is CC[C@H](C)[C@@H]([C@@H](CC(=O)N1CCC[C@H]1[C@H](OC)[C@@H](C)C(=O)NS(=O)(=O)c1ccc(C2(CC(=O)[C@H](CCCNC(N)=O)NC(=O)[C@@H](CC(=O)CCOCCOCCOCCN3C(=O)CC(SC)C3=O)C(C)C)CC2)cc1)OC)N(C)C(=O)[C@@H](CC(=O)[C@H](C(C)C)N(C)C)C(C)C. The van der Waals surface area contributed by atoms with Crippen molar-refractivity contribution in [2.45, 2.75) is 198 Å². The van der Waals surface area contributed by atoms with Crippen molar-refractivity contribution >= 4 is 80.6 Å². The van der Waals surface area contributed by atoms with Gasteiger partial charge in [-0.25, -0.2) is 17.9 Å². The predicted octanol–water partition coefficient (Wildman–Crippen LogP) is 5.32. The van der Waals surface area contributed by atoms with E-state index in [9.17, 15) is 56.4 Å². The van der Waals surface area contributed by atoms with Crippen LogP contribution in [0.3, 0.4) is 0 Å². The van der Waals surface area contributed by atoms with E-state index in [1.165, 1.54) is 43.0 Å². The molecule has 1 saturated carbocycles. The van der Waals surface area contributed by atoms with Gasteiger partial charge in [-0.15, -0.1) is 0 Å². The van der Waals surface area contributed by atoms with Crippen molar-refractivity contribution < 1.29 is 80.0 Å². The average molecular weight is 1380 g/mol. The molecule has 1 aliphatic carbocycles. The van der Waals surface area contributed by atoms with Crippen molar-refractivity contribution in [2.24, 2.45) is 47.2 Å². The number of hydrogen-bond acceptors (Lipinski definition) is 19. The Kier molecular flexibility index (Phi) is 33.9. The minimum atomic E-state index is -4.45. The molecule has 0 aromatic heterocycles. The van der Waals surface area contributed by atoms with Crippen LogP contribution in [0.1, 0.15) is 151 Å². The van der Waals surface area contributed by atoms with Gasteiger partial charge >= 0.3 is 6.03 Å². The lowest BCUT2D eigenvalue weighted by molar-refractivity contribution is -0.149. The number of thioether (sulfide) groups is 1. The molecule has 0 spiro atoms. The van der Waals surface area contributed by atoms with Gasteiger partial charge in [0.15, 0.2) is 11.6 Å². The number of Topliss-reactive ketones (excluding diaryl/α,β-unsaturated/α-hetero) is 3. The molecule has 5 N–H and O–H groups in total. The molecule has 2 heterocycles. The summed E-state index contributed by atoms with van der Waals surface area (Å²) < 4.78 is 58.8. The van der Waals surface area contributed by atoms with Gasteiger partial charge in [0.25, 0.3) is 10.0 Å². The van der Waals surface area contributed by atoms with Gasteiger partial charge in [0, 0.05) is 83.7 Å². The number of rotatable bonds is 46. The van der Waals surface area contributed by atoms with E-state index < -0.39 is 81.4 Å². The summed E-state index contributed by atoms with van der Waals surface area (Å²) in [6.07, 6.45) is 3.69. The van der Waals surface area contributed by atoms with E-state index in [1.807, 2.05) is 74.4 Å². The highest BCUT2D eigenvalue weighted by atomic mass is 32.2. The smallest absolute Gasteiger partial charge is 0.312 e. The van der Waals surface area contributed by atoms with Crippen LogP contribution in [-0.4, -0.2) is 229 Å². The summed E-state index contributed by atoms with van der Waals surface area (Å²) in [6.45, 7) is 19.0. The number of nitrogens with one attached hydrogen (secondary N) is 3. The molecule has 2 saturated heterocycles. The number of amides is 8. The van der Waals surface area contributed by atoms with Crippen LogP contribution in [0.15, 0.2) is 29.2 Å². The van der Waals surface area contributed by atoms with E-state index in [2.05, 4.69) is 15.4 Å². The van der Waals surface area contributed by atoms with Crippen LogP contribution in [0.25, 0.3) is 0 Å². The fraction of sp³-hybridized carbons (Fsp3) is 0.765. The maximum absolute atomic E-state index is 14.5. The largest absolute Gasteiger partial charge is 0.379 e. The van der Waals surface area contributed by atoms with Crippen molar-refractivity contribution in [3.8, 4) is 0 Å². The number of likely N-dealkylation sites (tertiary alicyclic amines) is 2. The molecular formula is C68H112N8O17S2. The molecule has 8 amide bonds. The van der Waals surface area contributed by atoms with Gasteiger partial charge in [0.2, 0.25) is 35.4 Å². The summed E-state index contributed by atoms with van der Waals surface area (Å²) in [5.41, 5.74) is 5.32. The van der Waals surface area contributed by atoms with Crippen molar-refractivity contribution in [2.75, 3.05) is 101 Å². The van der Waals surface area contributed by atoms with Crippen LogP contribution in [0.2, 0.25) is 0 Å². The third-order valence-electron chi connectivity index (χ3n) is 19.2. The summed E-state index contributed by atoms with van der Waals surface area (Å²) in [7, 11) is 3.91. The van der Waals surface area contributed by atoms with E-state index in [-0.39, 0.29) is 179 Å². The van der Waals surface area contributed by atoms with E-state index >= 15 is 0 Å². The van der Waals surface area contributed by atoms with Gasteiger partial charge < -0.3 is 49.9 Å². The summed E-state index contributed by atoms with van der Waals surface area (Å²) in [5, 5.41) is 5.08. The van der Waals surface area contributed by atoms with Gasteiger partial charge in [0.05, 0.1) is 105 Å². The fourth-order valence-corrected chi connectivity index (χ4v) is 15.0. The Morgan fingerprint density at radius 3 is 1.92 bits per heavy atom. The highest BCUT2D eigenvalue weighted by Crippen LogP contribution is 2.51. The maximum Gasteiger partial charge on any atom is 0.312 e. The van der Waals surface area contributed by atoms with Gasteiger partial charge in [-0.05, 0) is 100 Å². The number of imide groups is 1. The van der Waals surface area contributed by atoms with Crippen molar-refractivity contribution in [3.05, 3.63) is 29.8 Å². The minimum absolute atomic E-state index is 0.00157. The Bertz CT molecular complexity index is 2830. The highest BCUT2D eigenvalue weighted by molar-refractivity contribution is 8.00. The predicted molar refractivity (Wildman–Crippen MR) is 361 cm³/mol. The molecule has 1 aromatic rings. The lowest BCUT2D eigenvalue weighted by atomic mass is 9.83. The number of ether oxygens (including phenoxy) is 5. The first-order valence-corrected chi connectivity index (χ1v) is 36.5. The second-order valence-corrected chi connectivity index (χ2v) is 29.9. The summed E-state index contributed by atoms with van der Waals surface area (Å²) in [5.74, 6) is -5.57. The number of nitrogens with zero attached hydrogens (tertiary/aromatic N) is 4. The van der Waals surface area contributed by atoms with E-state index in [1.54, 1.807) is 42.2 Å². The summed E-state index contributed by atoms with van der Waals surface area (Å²) >= 11 is 1.35. The number of carbonyl (C=O) groups excluding carboxylic acids is 10. The summed E-state index contributed by atoms with van der Waals surface area (Å²) in [6, 6.07) is 2.76. The number of benzene rings is 1. The molecule has 25 nitrogen and oxygen atoms in total. The van der Waals surface area contributed by atoms with Gasteiger partial charge in [0.1, 0.15) is 5.78 Å². The van der Waals surface area contributed by atoms with Gasteiger partial charge in [-0.3, -0.25) is 53.0 Å². The Balaban J connectivity index is 1.35. The molecule has 11 atom stereocenters. The van der Waals surface area contributed by atoms with Crippen molar-refractivity contribution in [1.82, 2.24) is 35.0 Å². The molecule has 95 heavy (non-hydrogen) atoms. The lowest BCUT2D eigenvalue weighted by Crippen LogP contribution is -2.54. The lowest BCUT2D eigenvalue weighted by Gasteiger charge is -2.41. The van der Waals surface area contributed by atoms with Crippen LogP contribution < -0.4 is 21.1 Å². The number of carbonyl (C=O) groups is 10. The topological polar surface area (TPSA) is 326 Å². The van der Waals surface area contributed by atoms with Crippen LogP contribution in [0.5, 0.6) is 0 Å². The molecular weight excluding hydrogens is 1260 g/mol. The molecule has 4 rings (SSSR count). The van der Waals surface area contributed by atoms with E-state index in [0.717, 1.165) is 0 Å². The number of sulfonamides is 1. The Labute approximate surface area is 568 Å². The molecule has 0 radical (unpaired) electrons. The monoisotopic (exact) mass is 1380 g/mol. The number of primary amides is 1. The third kappa shape index (κ3) is 23.9. The quantitative estimate of drug-likeness (QED) is 0.0474. The fourth-order valence-electron chi connectivity index (χ4n) is 13.3. The highest BCUT2D eigenvalue weighted by Gasteiger charge is 2.48. The maximum atomic E-state index is 14.5. The number of hydrogen-bond donors (Lipinski definition) is 4. The average Bonchev–Trinajstić information content (AvgIpc) is 1.63. The second kappa shape index (κ2) is 39.2. The van der Waals surface area contributed by atoms with Gasteiger partial charge in [-0.2, -0.15) is 11.8 Å².